The summed E-state index contributed by atoms with van der Waals surface area (Å²) in [5.74, 6) is -5.82. The third-order valence-corrected chi connectivity index (χ3v) is 6.78. The van der Waals surface area contributed by atoms with Crippen LogP contribution >= 0.6 is 0 Å². The normalized spacial score (nSPS) is 54.7. The van der Waals surface area contributed by atoms with Gasteiger partial charge in [0.05, 0.1) is 42.0 Å². The van der Waals surface area contributed by atoms with Crippen LogP contribution in [0.4, 0.5) is 0 Å². The van der Waals surface area contributed by atoms with Crippen LogP contribution < -0.4 is 0 Å². The largest absolute Gasteiger partial charge is 0.459 e. The Morgan fingerprint density at radius 2 is 1.63 bits per heavy atom. The lowest BCUT2D eigenvalue weighted by Gasteiger charge is -2.45. The molecular weight excluding hydrogens is 360 g/mol. The number of fused-ring (bicyclic) bond motifs is 4. The highest BCUT2D eigenvalue weighted by Crippen LogP contribution is 2.49. The zero-order valence-electron chi connectivity index (χ0n) is 15.0. The van der Waals surface area contributed by atoms with E-state index in [1.807, 2.05) is 0 Å². The third-order valence-electron chi connectivity index (χ3n) is 6.78. The number of esters is 2. The van der Waals surface area contributed by atoms with Crippen LogP contribution in [0.2, 0.25) is 0 Å². The van der Waals surface area contributed by atoms with Crippen LogP contribution in [0.15, 0.2) is 0 Å². The second-order valence-corrected chi connectivity index (χ2v) is 8.27. The lowest BCUT2D eigenvalue weighted by Crippen LogP contribution is -2.58. The lowest BCUT2D eigenvalue weighted by atomic mass is 9.69. The van der Waals surface area contributed by atoms with Gasteiger partial charge in [0.15, 0.2) is 0 Å². The van der Waals surface area contributed by atoms with Crippen LogP contribution in [0.25, 0.3) is 0 Å². The maximum atomic E-state index is 12.8. The van der Waals surface area contributed by atoms with E-state index in [4.69, 9.17) is 14.2 Å². The summed E-state index contributed by atoms with van der Waals surface area (Å²) in [5, 5.41) is 31.1. The highest BCUT2D eigenvalue weighted by molar-refractivity contribution is 5.77. The predicted octanol–water partition coefficient (Wildman–Crippen LogP) is -1.38. The minimum absolute atomic E-state index is 0.257. The molecule has 2 aliphatic carbocycles. The van der Waals surface area contributed by atoms with Gasteiger partial charge in [-0.1, -0.05) is 13.8 Å². The lowest BCUT2D eigenvalue weighted by molar-refractivity contribution is -0.210. The summed E-state index contributed by atoms with van der Waals surface area (Å²) in [6.07, 6.45) is -5.57. The molecule has 4 fully saturated rings. The maximum absolute atomic E-state index is 12.8. The topological polar surface area (TPSA) is 140 Å². The second-order valence-electron chi connectivity index (χ2n) is 8.27. The minimum atomic E-state index is -1.51. The molecule has 0 amide bonds. The molecule has 4 rings (SSSR count). The van der Waals surface area contributed by atoms with Crippen molar-refractivity contribution in [2.45, 2.75) is 57.1 Å². The van der Waals surface area contributed by atoms with E-state index in [-0.39, 0.29) is 12.3 Å². The van der Waals surface area contributed by atoms with Gasteiger partial charge in [-0.2, -0.15) is 0 Å². The molecule has 0 aromatic rings. The van der Waals surface area contributed by atoms with Gasteiger partial charge in [0.2, 0.25) is 6.29 Å². The van der Waals surface area contributed by atoms with Crippen molar-refractivity contribution in [3.8, 4) is 0 Å². The van der Waals surface area contributed by atoms with Gasteiger partial charge in [-0.05, 0) is 12.3 Å². The Morgan fingerprint density at radius 1 is 0.963 bits per heavy atom. The van der Waals surface area contributed by atoms with Gasteiger partial charge in [-0.15, -0.1) is 0 Å². The molecule has 27 heavy (non-hydrogen) atoms. The van der Waals surface area contributed by atoms with Crippen LogP contribution in [-0.2, 0) is 28.6 Å². The molecule has 0 radical (unpaired) electrons. The number of aliphatic hydroxyl groups excluding tert-OH is 3. The Balaban J connectivity index is 1.76. The van der Waals surface area contributed by atoms with Crippen LogP contribution in [0.3, 0.4) is 0 Å². The van der Waals surface area contributed by atoms with Gasteiger partial charge >= 0.3 is 11.9 Å². The SMILES string of the molecule is CC1CC(O)C(C=O)C2OC3C(OC(=O)C12)C(C)C(O)C1C(=O)OC(O)C31. The van der Waals surface area contributed by atoms with Crippen LogP contribution in [-0.4, -0.2) is 70.4 Å². The summed E-state index contributed by atoms with van der Waals surface area (Å²) in [4.78, 5) is 36.5. The fraction of sp³-hybridized carbons (Fsp3) is 0.833. The number of rotatable bonds is 1. The Labute approximate surface area is 155 Å². The molecule has 2 aliphatic heterocycles. The first-order valence-corrected chi connectivity index (χ1v) is 9.32. The first-order chi connectivity index (χ1) is 12.8. The van der Waals surface area contributed by atoms with Gasteiger partial charge in [-0.3, -0.25) is 9.59 Å². The van der Waals surface area contributed by atoms with Gasteiger partial charge in [0, 0.05) is 5.92 Å². The van der Waals surface area contributed by atoms with E-state index in [1.165, 1.54) is 0 Å². The molecule has 4 aliphatic rings. The standard InChI is InChI=1S/C18H24O9/c1-5-3-8(20)7(4-19)14-9(5)16(22)26-13-6(2)12(21)10-11(15(13)25-14)18(24)27-17(10)23/h4-15,18,20-21,24H,3H2,1-2H3. The molecule has 0 spiro atoms. The summed E-state index contributed by atoms with van der Waals surface area (Å²) < 4.78 is 16.7. The van der Waals surface area contributed by atoms with Crippen molar-refractivity contribution in [2.24, 2.45) is 35.5 Å². The van der Waals surface area contributed by atoms with E-state index in [9.17, 15) is 29.7 Å². The molecule has 12 unspecified atom stereocenters. The smallest absolute Gasteiger partial charge is 0.314 e. The zero-order chi connectivity index (χ0) is 19.6. The molecule has 2 saturated carbocycles. The minimum Gasteiger partial charge on any atom is -0.459 e. The van der Waals surface area contributed by atoms with Gasteiger partial charge in [-0.25, -0.2) is 0 Å². The first-order valence-electron chi connectivity index (χ1n) is 9.32. The Morgan fingerprint density at radius 3 is 2.30 bits per heavy atom. The van der Waals surface area contributed by atoms with E-state index in [1.54, 1.807) is 13.8 Å². The number of hydrogen-bond acceptors (Lipinski definition) is 9. The van der Waals surface area contributed by atoms with Crippen LogP contribution in [0, 0.1) is 35.5 Å². The molecule has 0 bridgehead atoms. The number of carbonyl (C=O) groups is 3. The van der Waals surface area contributed by atoms with Crippen LogP contribution in [0.1, 0.15) is 20.3 Å². The van der Waals surface area contributed by atoms with Crippen molar-refractivity contribution in [3.05, 3.63) is 0 Å². The number of ether oxygens (including phenoxy) is 3. The van der Waals surface area contributed by atoms with Crippen molar-refractivity contribution >= 4 is 18.2 Å². The number of carbonyl (C=O) groups excluding carboxylic acids is 3. The fourth-order valence-electron chi connectivity index (χ4n) is 5.30. The van der Waals surface area contributed by atoms with Crippen molar-refractivity contribution in [2.75, 3.05) is 0 Å². The van der Waals surface area contributed by atoms with E-state index in [0.717, 1.165) is 0 Å². The van der Waals surface area contributed by atoms with Crippen molar-refractivity contribution in [1.82, 2.24) is 0 Å². The molecule has 0 aromatic carbocycles. The van der Waals surface area contributed by atoms with Gasteiger partial charge in [0.25, 0.3) is 0 Å². The number of cyclic esters (lactones) is 1. The Kier molecular flexibility index (Phi) is 4.53. The molecule has 0 aromatic heterocycles. The van der Waals surface area contributed by atoms with E-state index in [0.29, 0.717) is 6.29 Å². The first kappa shape index (κ1) is 18.8. The summed E-state index contributed by atoms with van der Waals surface area (Å²) in [5.41, 5.74) is 0. The Hall–Kier alpha value is -1.55. The number of aliphatic hydroxyl groups is 3. The summed E-state index contributed by atoms with van der Waals surface area (Å²) >= 11 is 0. The number of hydrogen-bond donors (Lipinski definition) is 3. The molecule has 9 heteroatoms. The average molecular weight is 384 g/mol. The van der Waals surface area contributed by atoms with E-state index < -0.39 is 78.3 Å². The van der Waals surface area contributed by atoms with Crippen molar-refractivity contribution < 1.29 is 43.9 Å². The summed E-state index contributed by atoms with van der Waals surface area (Å²) in [7, 11) is 0. The molecule has 9 nitrogen and oxygen atoms in total. The molecule has 2 saturated heterocycles. The van der Waals surface area contributed by atoms with Gasteiger partial charge < -0.3 is 34.3 Å². The molecule has 3 N–H and O–H groups in total. The molecule has 12 atom stereocenters. The zero-order valence-corrected chi connectivity index (χ0v) is 15.0. The molecule has 150 valence electrons. The predicted molar refractivity (Wildman–Crippen MR) is 85.6 cm³/mol. The second kappa shape index (κ2) is 6.51. The third kappa shape index (κ3) is 2.63. The number of aldehydes is 1. The van der Waals surface area contributed by atoms with Crippen molar-refractivity contribution in [1.29, 1.82) is 0 Å². The maximum Gasteiger partial charge on any atom is 0.314 e. The van der Waals surface area contributed by atoms with Crippen LogP contribution in [0.5, 0.6) is 0 Å². The highest BCUT2D eigenvalue weighted by Gasteiger charge is 2.64. The monoisotopic (exact) mass is 384 g/mol. The Bertz CT molecular complexity index is 651. The van der Waals surface area contributed by atoms with E-state index >= 15 is 0 Å². The summed E-state index contributed by atoms with van der Waals surface area (Å²) in [6.45, 7) is 3.41. The molecule has 2 heterocycles. The fourth-order valence-corrected chi connectivity index (χ4v) is 5.30. The van der Waals surface area contributed by atoms with Gasteiger partial charge in [0.1, 0.15) is 18.5 Å². The van der Waals surface area contributed by atoms with Crippen molar-refractivity contribution in [3.63, 3.8) is 0 Å². The molecular formula is C18H24O9. The average Bonchev–Trinajstić information content (AvgIpc) is 2.79. The van der Waals surface area contributed by atoms with E-state index in [2.05, 4.69) is 0 Å². The summed E-state index contributed by atoms with van der Waals surface area (Å²) in [6, 6.07) is 0. The highest BCUT2D eigenvalue weighted by atomic mass is 16.7. The quantitative estimate of drug-likeness (QED) is 0.368.